The van der Waals surface area contributed by atoms with E-state index in [1.165, 1.54) is 7.11 Å². The molecule has 3 aromatic rings. The molecule has 0 aliphatic heterocycles. The Balaban J connectivity index is 1.96. The molecular weight excluding hydrogens is 486 g/mol. The van der Waals surface area contributed by atoms with Crippen LogP contribution in [-0.2, 0) is 19.1 Å². The number of para-hydroxylation sites is 1. The molecule has 0 spiro atoms. The number of hydrogen-bond donors (Lipinski definition) is 2. The number of methoxy groups -OCH3 is 1. The van der Waals surface area contributed by atoms with Crippen LogP contribution < -0.4 is 15.4 Å². The van der Waals surface area contributed by atoms with Gasteiger partial charge in [-0.1, -0.05) is 18.2 Å². The number of hydrogen-bond acceptors (Lipinski definition) is 7. The molecular formula is C29H35N3O6. The molecule has 0 radical (unpaired) electrons. The van der Waals surface area contributed by atoms with Crippen molar-refractivity contribution in [3.8, 4) is 5.75 Å². The lowest BCUT2D eigenvalue weighted by Gasteiger charge is -2.26. The van der Waals surface area contributed by atoms with Crippen molar-refractivity contribution in [2.24, 2.45) is 5.41 Å². The van der Waals surface area contributed by atoms with E-state index < -0.39 is 35.1 Å². The highest BCUT2D eigenvalue weighted by atomic mass is 16.6. The van der Waals surface area contributed by atoms with Gasteiger partial charge in [-0.3, -0.25) is 19.9 Å². The molecule has 2 amide bonds. The summed E-state index contributed by atoms with van der Waals surface area (Å²) in [5.74, 6) is -0.445. The number of esters is 1. The predicted molar refractivity (Wildman–Crippen MR) is 146 cm³/mol. The third-order valence-corrected chi connectivity index (χ3v) is 5.38. The lowest BCUT2D eigenvalue weighted by Crippen LogP contribution is -2.29. The van der Waals surface area contributed by atoms with Crippen LogP contribution in [0.25, 0.3) is 10.9 Å². The van der Waals surface area contributed by atoms with Gasteiger partial charge in [0.1, 0.15) is 17.5 Å². The van der Waals surface area contributed by atoms with Crippen LogP contribution in [0.4, 0.5) is 16.2 Å². The molecule has 0 aliphatic carbocycles. The molecule has 1 unspecified atom stereocenters. The summed E-state index contributed by atoms with van der Waals surface area (Å²) in [6.07, 6.45) is -0.293. The second-order valence-corrected chi connectivity index (χ2v) is 10.9. The number of fused-ring (bicyclic) bond motifs is 1. The monoisotopic (exact) mass is 521 g/mol. The number of pyridine rings is 1. The second-order valence-electron chi connectivity index (χ2n) is 10.9. The van der Waals surface area contributed by atoms with Crippen LogP contribution in [0.3, 0.4) is 0 Å². The fraction of sp³-hybridized carbons (Fsp3) is 0.379. The largest absolute Gasteiger partial charge is 0.497 e. The van der Waals surface area contributed by atoms with Crippen LogP contribution in [0.5, 0.6) is 5.75 Å². The maximum absolute atomic E-state index is 13.3. The van der Waals surface area contributed by atoms with Crippen LogP contribution in [0.15, 0.2) is 54.7 Å². The lowest BCUT2D eigenvalue weighted by atomic mass is 9.96. The maximum atomic E-state index is 13.3. The summed E-state index contributed by atoms with van der Waals surface area (Å²) in [4.78, 5) is 43.1. The Hall–Kier alpha value is -4.14. The molecule has 9 heteroatoms. The van der Waals surface area contributed by atoms with Crippen molar-refractivity contribution in [1.29, 1.82) is 0 Å². The molecule has 202 valence electrons. The van der Waals surface area contributed by atoms with E-state index in [0.717, 1.165) is 5.39 Å². The quantitative estimate of drug-likeness (QED) is 0.353. The van der Waals surface area contributed by atoms with E-state index in [2.05, 4.69) is 15.6 Å². The average Bonchev–Trinajstić information content (AvgIpc) is 2.82. The standard InChI is InChI=1S/C29H35N3O6/c1-28(2,3)26(34)37-23(17-24(33)31-22-12-8-10-18-11-9-15-30-25(18)22)20-16-19(36-7)13-14-21(20)32-27(35)38-29(4,5)6/h8-16,23H,17H2,1-7H3,(H,31,33)(H,32,35). The van der Waals surface area contributed by atoms with Gasteiger partial charge in [-0.25, -0.2) is 4.79 Å². The highest BCUT2D eigenvalue weighted by Gasteiger charge is 2.31. The number of anilines is 2. The van der Waals surface area contributed by atoms with Gasteiger partial charge >= 0.3 is 12.1 Å². The molecule has 38 heavy (non-hydrogen) atoms. The van der Waals surface area contributed by atoms with E-state index in [9.17, 15) is 14.4 Å². The van der Waals surface area contributed by atoms with Gasteiger partial charge in [-0.2, -0.15) is 0 Å². The number of ether oxygens (including phenoxy) is 3. The molecule has 1 aromatic heterocycles. The number of benzene rings is 2. The van der Waals surface area contributed by atoms with Crippen LogP contribution in [0, 0.1) is 5.41 Å². The first-order chi connectivity index (χ1) is 17.8. The van der Waals surface area contributed by atoms with Crippen LogP contribution in [0.1, 0.15) is 59.6 Å². The Morgan fingerprint density at radius 3 is 2.29 bits per heavy atom. The summed E-state index contributed by atoms with van der Waals surface area (Å²) in [6.45, 7) is 10.4. The summed E-state index contributed by atoms with van der Waals surface area (Å²) in [7, 11) is 1.50. The molecule has 2 aromatic carbocycles. The van der Waals surface area contributed by atoms with Gasteiger partial charge in [0.15, 0.2) is 0 Å². The Morgan fingerprint density at radius 1 is 0.921 bits per heavy atom. The van der Waals surface area contributed by atoms with E-state index in [0.29, 0.717) is 28.2 Å². The summed E-state index contributed by atoms with van der Waals surface area (Å²) in [5.41, 5.74) is 0.338. The molecule has 2 N–H and O–H groups in total. The topological polar surface area (TPSA) is 116 Å². The molecule has 0 aliphatic rings. The van der Waals surface area contributed by atoms with E-state index in [-0.39, 0.29) is 6.42 Å². The number of carbonyl (C=O) groups excluding carboxylic acids is 3. The first-order valence-electron chi connectivity index (χ1n) is 12.3. The Morgan fingerprint density at radius 2 is 1.63 bits per heavy atom. The zero-order valence-corrected chi connectivity index (χ0v) is 22.9. The highest BCUT2D eigenvalue weighted by Crippen LogP contribution is 2.35. The third kappa shape index (κ3) is 7.68. The van der Waals surface area contributed by atoms with E-state index in [1.807, 2.05) is 24.3 Å². The Labute approximate surface area is 222 Å². The zero-order valence-electron chi connectivity index (χ0n) is 22.9. The highest BCUT2D eigenvalue weighted by molar-refractivity contribution is 6.00. The number of carbonyl (C=O) groups is 3. The fourth-order valence-corrected chi connectivity index (χ4v) is 3.56. The smallest absolute Gasteiger partial charge is 0.412 e. The van der Waals surface area contributed by atoms with Crippen molar-refractivity contribution in [2.45, 2.75) is 59.7 Å². The van der Waals surface area contributed by atoms with Crippen LogP contribution in [0.2, 0.25) is 0 Å². The Bertz CT molecular complexity index is 1320. The fourth-order valence-electron chi connectivity index (χ4n) is 3.56. The number of nitrogens with one attached hydrogen (secondary N) is 2. The number of aromatic nitrogens is 1. The van der Waals surface area contributed by atoms with Gasteiger partial charge in [-0.05, 0) is 71.9 Å². The van der Waals surface area contributed by atoms with Gasteiger partial charge in [-0.15, -0.1) is 0 Å². The number of rotatable bonds is 7. The van der Waals surface area contributed by atoms with Crippen LogP contribution >= 0.6 is 0 Å². The maximum Gasteiger partial charge on any atom is 0.412 e. The second kappa shape index (κ2) is 11.5. The molecule has 3 rings (SSSR count). The number of nitrogens with zero attached hydrogens (tertiary/aromatic N) is 1. The van der Waals surface area contributed by atoms with Crippen molar-refractivity contribution in [3.63, 3.8) is 0 Å². The molecule has 1 atom stereocenters. The summed E-state index contributed by atoms with van der Waals surface area (Å²) >= 11 is 0. The molecule has 1 heterocycles. The van der Waals surface area contributed by atoms with E-state index in [1.54, 1.807) is 72.0 Å². The van der Waals surface area contributed by atoms with Gasteiger partial charge in [0, 0.05) is 17.1 Å². The molecule has 0 saturated heterocycles. The molecule has 0 saturated carbocycles. The Kier molecular flexibility index (Phi) is 8.60. The van der Waals surface area contributed by atoms with Crippen molar-refractivity contribution in [2.75, 3.05) is 17.7 Å². The summed E-state index contributed by atoms with van der Waals surface area (Å²) < 4.78 is 16.6. The SMILES string of the molecule is COc1ccc(NC(=O)OC(C)(C)C)c(C(CC(=O)Nc2cccc3cccnc23)OC(=O)C(C)(C)C)c1. The number of amides is 2. The van der Waals surface area contributed by atoms with Gasteiger partial charge in [0.2, 0.25) is 5.91 Å². The summed E-state index contributed by atoms with van der Waals surface area (Å²) in [6, 6.07) is 14.1. The van der Waals surface area contributed by atoms with Crippen LogP contribution in [-0.4, -0.2) is 35.7 Å². The van der Waals surface area contributed by atoms with Gasteiger partial charge in [0.05, 0.1) is 35.8 Å². The summed E-state index contributed by atoms with van der Waals surface area (Å²) in [5, 5.41) is 6.46. The van der Waals surface area contributed by atoms with E-state index in [4.69, 9.17) is 14.2 Å². The first kappa shape index (κ1) is 28.4. The molecule has 0 fully saturated rings. The van der Waals surface area contributed by atoms with Gasteiger partial charge < -0.3 is 19.5 Å². The lowest BCUT2D eigenvalue weighted by molar-refractivity contribution is -0.159. The molecule has 9 nitrogen and oxygen atoms in total. The minimum atomic E-state index is -1.04. The average molecular weight is 522 g/mol. The predicted octanol–water partition coefficient (Wildman–Crippen LogP) is 6.25. The van der Waals surface area contributed by atoms with E-state index >= 15 is 0 Å². The van der Waals surface area contributed by atoms with Crippen molar-refractivity contribution in [1.82, 2.24) is 4.98 Å². The van der Waals surface area contributed by atoms with Crippen molar-refractivity contribution < 1.29 is 28.6 Å². The molecule has 0 bridgehead atoms. The minimum Gasteiger partial charge on any atom is -0.497 e. The zero-order chi connectivity index (χ0) is 28.1. The first-order valence-corrected chi connectivity index (χ1v) is 12.3. The normalized spacial score (nSPS) is 12.4. The third-order valence-electron chi connectivity index (χ3n) is 5.38. The van der Waals surface area contributed by atoms with Crippen molar-refractivity contribution in [3.05, 3.63) is 60.3 Å². The van der Waals surface area contributed by atoms with Gasteiger partial charge in [0.25, 0.3) is 0 Å². The minimum absolute atomic E-state index is 0.221. The van der Waals surface area contributed by atoms with Crippen molar-refractivity contribution >= 4 is 40.2 Å².